The molecule has 0 aliphatic rings. The van der Waals surface area contributed by atoms with Crippen LogP contribution in [0.5, 0.6) is 0 Å². The Morgan fingerprint density at radius 3 is 2.82 bits per heavy atom. The van der Waals surface area contributed by atoms with Crippen molar-refractivity contribution in [2.24, 2.45) is 5.92 Å². The lowest BCUT2D eigenvalue weighted by atomic mass is 10.3. The minimum absolute atomic E-state index is 0.0379. The Morgan fingerprint density at radius 2 is 2.24 bits per heavy atom. The number of aromatic nitrogens is 1. The highest BCUT2D eigenvalue weighted by Crippen LogP contribution is 2.02. The summed E-state index contributed by atoms with van der Waals surface area (Å²) in [6.45, 7) is 2.18. The van der Waals surface area contributed by atoms with Gasteiger partial charge in [0.05, 0.1) is 5.75 Å². The van der Waals surface area contributed by atoms with Crippen LogP contribution in [0.15, 0.2) is 24.4 Å². The van der Waals surface area contributed by atoms with Crippen molar-refractivity contribution in [2.75, 3.05) is 18.2 Å². The van der Waals surface area contributed by atoms with Gasteiger partial charge in [0.1, 0.15) is 0 Å². The van der Waals surface area contributed by atoms with Crippen LogP contribution in [0, 0.1) is 5.92 Å². The first-order valence-corrected chi connectivity index (χ1v) is 7.65. The van der Waals surface area contributed by atoms with Gasteiger partial charge in [-0.1, -0.05) is 13.0 Å². The van der Waals surface area contributed by atoms with Gasteiger partial charge in [0.2, 0.25) is 10.0 Å². The lowest BCUT2D eigenvalue weighted by Crippen LogP contribution is -2.31. The molecule has 0 spiro atoms. The number of nitrogens with one attached hydrogen (secondary N) is 1. The Balaban J connectivity index is 2.36. The van der Waals surface area contributed by atoms with E-state index in [9.17, 15) is 8.42 Å². The zero-order valence-corrected chi connectivity index (χ0v) is 11.3. The lowest BCUT2D eigenvalue weighted by molar-refractivity contribution is 0.568. The SMILES string of the molecule is CC(CCl)CS(=O)(=O)NCCc1ccccn1. The van der Waals surface area contributed by atoms with E-state index in [2.05, 4.69) is 9.71 Å². The summed E-state index contributed by atoms with van der Waals surface area (Å²) in [5.41, 5.74) is 0.876. The third-order valence-electron chi connectivity index (χ3n) is 2.20. The van der Waals surface area contributed by atoms with Gasteiger partial charge in [0.15, 0.2) is 0 Å². The molecule has 0 fully saturated rings. The first-order chi connectivity index (χ1) is 8.03. The Hall–Kier alpha value is -0.650. The molecule has 1 atom stereocenters. The number of halogens is 1. The van der Waals surface area contributed by atoms with Crippen molar-refractivity contribution < 1.29 is 8.42 Å². The fourth-order valence-corrected chi connectivity index (χ4v) is 3.00. The summed E-state index contributed by atoms with van der Waals surface area (Å²) in [5.74, 6) is 0.379. The molecule has 6 heteroatoms. The maximum absolute atomic E-state index is 11.6. The molecule has 0 aliphatic carbocycles. The van der Waals surface area contributed by atoms with E-state index in [4.69, 9.17) is 11.6 Å². The van der Waals surface area contributed by atoms with Gasteiger partial charge in [0.25, 0.3) is 0 Å². The molecule has 0 radical (unpaired) electrons. The number of nitrogens with zero attached hydrogens (tertiary/aromatic N) is 1. The largest absolute Gasteiger partial charge is 0.261 e. The molecule has 0 aromatic carbocycles. The summed E-state index contributed by atoms with van der Waals surface area (Å²) < 4.78 is 25.7. The quantitative estimate of drug-likeness (QED) is 0.766. The van der Waals surface area contributed by atoms with Crippen LogP contribution in [0.2, 0.25) is 0 Å². The molecule has 1 aromatic rings. The summed E-state index contributed by atoms with van der Waals surface area (Å²) in [4.78, 5) is 4.12. The monoisotopic (exact) mass is 276 g/mol. The maximum atomic E-state index is 11.6. The molecule has 1 rings (SSSR count). The number of sulfonamides is 1. The van der Waals surface area contributed by atoms with Gasteiger partial charge in [-0.05, 0) is 18.1 Å². The van der Waals surface area contributed by atoms with Gasteiger partial charge in [-0.2, -0.15) is 0 Å². The molecule has 17 heavy (non-hydrogen) atoms. The number of pyridine rings is 1. The fraction of sp³-hybridized carbons (Fsp3) is 0.545. The van der Waals surface area contributed by atoms with E-state index in [0.29, 0.717) is 18.8 Å². The van der Waals surface area contributed by atoms with E-state index in [1.165, 1.54) is 0 Å². The van der Waals surface area contributed by atoms with Gasteiger partial charge in [-0.15, -0.1) is 11.6 Å². The van der Waals surface area contributed by atoms with Crippen LogP contribution < -0.4 is 4.72 Å². The maximum Gasteiger partial charge on any atom is 0.211 e. The van der Waals surface area contributed by atoms with Crippen LogP contribution in [-0.4, -0.2) is 31.6 Å². The number of alkyl halides is 1. The summed E-state index contributed by atoms with van der Waals surface area (Å²) in [5, 5.41) is 0. The van der Waals surface area contributed by atoms with Crippen molar-refractivity contribution in [1.29, 1.82) is 0 Å². The predicted molar refractivity (Wildman–Crippen MR) is 69.6 cm³/mol. The van der Waals surface area contributed by atoms with Gasteiger partial charge in [-0.3, -0.25) is 4.98 Å². The van der Waals surface area contributed by atoms with Crippen LogP contribution in [0.4, 0.5) is 0 Å². The highest BCUT2D eigenvalue weighted by Gasteiger charge is 2.14. The molecule has 1 N–H and O–H groups in total. The average molecular weight is 277 g/mol. The highest BCUT2D eigenvalue weighted by molar-refractivity contribution is 7.89. The summed E-state index contributed by atoms with van der Waals surface area (Å²) in [7, 11) is -3.23. The molecule has 1 heterocycles. The number of hydrogen-bond donors (Lipinski definition) is 1. The van der Waals surface area contributed by atoms with Crippen molar-refractivity contribution in [2.45, 2.75) is 13.3 Å². The van der Waals surface area contributed by atoms with Crippen LogP contribution in [-0.2, 0) is 16.4 Å². The normalized spacial score (nSPS) is 13.5. The second-order valence-corrected chi connectivity index (χ2v) is 6.17. The molecule has 4 nitrogen and oxygen atoms in total. The van der Waals surface area contributed by atoms with Gasteiger partial charge >= 0.3 is 0 Å². The zero-order chi connectivity index (χ0) is 12.7. The average Bonchev–Trinajstić information content (AvgIpc) is 2.29. The molecule has 1 aromatic heterocycles. The van der Waals surface area contributed by atoms with Crippen molar-refractivity contribution in [3.63, 3.8) is 0 Å². The van der Waals surface area contributed by atoms with Crippen molar-refractivity contribution >= 4 is 21.6 Å². The van der Waals surface area contributed by atoms with Gasteiger partial charge in [0, 0.05) is 30.7 Å². The van der Waals surface area contributed by atoms with E-state index >= 15 is 0 Å². The zero-order valence-electron chi connectivity index (χ0n) is 9.77. The molecular weight excluding hydrogens is 260 g/mol. The number of hydrogen-bond acceptors (Lipinski definition) is 3. The van der Waals surface area contributed by atoms with E-state index in [1.54, 1.807) is 6.20 Å². The fourth-order valence-electron chi connectivity index (χ4n) is 1.36. The summed E-state index contributed by atoms with van der Waals surface area (Å²) in [6, 6.07) is 5.58. The highest BCUT2D eigenvalue weighted by atomic mass is 35.5. The molecule has 0 amide bonds. The molecule has 0 bridgehead atoms. The third kappa shape index (κ3) is 6.00. The Bertz CT molecular complexity index is 422. The van der Waals surface area contributed by atoms with E-state index in [-0.39, 0.29) is 11.7 Å². The Labute approximate surface area is 107 Å². The molecular formula is C11H17ClN2O2S. The smallest absolute Gasteiger partial charge is 0.211 e. The van der Waals surface area contributed by atoms with Gasteiger partial charge in [-0.25, -0.2) is 13.1 Å². The number of rotatable bonds is 7. The van der Waals surface area contributed by atoms with Gasteiger partial charge < -0.3 is 0 Å². The third-order valence-corrected chi connectivity index (χ3v) is 4.38. The van der Waals surface area contributed by atoms with Crippen LogP contribution in [0.25, 0.3) is 0 Å². The van der Waals surface area contributed by atoms with Crippen molar-refractivity contribution in [3.8, 4) is 0 Å². The lowest BCUT2D eigenvalue weighted by Gasteiger charge is -2.09. The first-order valence-electron chi connectivity index (χ1n) is 5.46. The van der Waals surface area contributed by atoms with E-state index in [1.807, 2.05) is 25.1 Å². The van der Waals surface area contributed by atoms with Crippen molar-refractivity contribution in [1.82, 2.24) is 9.71 Å². The minimum atomic E-state index is -3.23. The Kier molecular flexibility index (Phi) is 5.88. The minimum Gasteiger partial charge on any atom is -0.261 e. The second-order valence-electron chi connectivity index (χ2n) is 4.01. The Morgan fingerprint density at radius 1 is 1.47 bits per heavy atom. The topological polar surface area (TPSA) is 59.1 Å². The predicted octanol–water partition coefficient (Wildman–Crippen LogP) is 1.42. The second kappa shape index (κ2) is 6.93. The molecule has 0 saturated carbocycles. The van der Waals surface area contributed by atoms with Crippen LogP contribution >= 0.6 is 11.6 Å². The van der Waals surface area contributed by atoms with E-state index in [0.717, 1.165) is 5.69 Å². The summed E-state index contributed by atoms with van der Waals surface area (Å²) >= 11 is 5.59. The standard InChI is InChI=1S/C11H17ClN2O2S/c1-10(8-12)9-17(15,16)14-7-5-11-4-2-3-6-13-11/h2-4,6,10,14H,5,7-9H2,1H3. The molecule has 96 valence electrons. The summed E-state index contributed by atoms with van der Waals surface area (Å²) in [6.07, 6.45) is 2.29. The first kappa shape index (κ1) is 14.4. The van der Waals surface area contributed by atoms with E-state index < -0.39 is 10.0 Å². The molecule has 1 unspecified atom stereocenters. The molecule has 0 aliphatic heterocycles. The van der Waals surface area contributed by atoms with Crippen LogP contribution in [0.1, 0.15) is 12.6 Å². The van der Waals surface area contributed by atoms with Crippen LogP contribution in [0.3, 0.4) is 0 Å². The van der Waals surface area contributed by atoms with Crippen molar-refractivity contribution in [3.05, 3.63) is 30.1 Å². The molecule has 0 saturated heterocycles.